The monoisotopic (exact) mass is 146 g/mol. The van der Waals surface area contributed by atoms with Gasteiger partial charge in [0.1, 0.15) is 0 Å². The summed E-state index contributed by atoms with van der Waals surface area (Å²) >= 11 is 0. The van der Waals surface area contributed by atoms with Crippen molar-refractivity contribution in [3.63, 3.8) is 0 Å². The van der Waals surface area contributed by atoms with Crippen molar-refractivity contribution in [2.75, 3.05) is 0 Å². The van der Waals surface area contributed by atoms with Gasteiger partial charge in [-0.05, 0) is 24.4 Å². The van der Waals surface area contributed by atoms with Crippen LogP contribution in [0.15, 0.2) is 0 Å². The van der Waals surface area contributed by atoms with Gasteiger partial charge in [0.25, 0.3) is 0 Å². The van der Waals surface area contributed by atoms with Crippen molar-refractivity contribution in [2.45, 2.75) is 51.6 Å². The van der Waals surface area contributed by atoms with Crippen LogP contribution in [-0.2, 0) is 0 Å². The maximum Gasteiger partial charge on any atom is -0.0155 e. The summed E-state index contributed by atoms with van der Waals surface area (Å²) in [6, 6.07) is 0. The van der Waals surface area contributed by atoms with Crippen LogP contribution >= 0.6 is 9.24 Å². The van der Waals surface area contributed by atoms with Gasteiger partial charge >= 0.3 is 0 Å². The molecule has 0 aliphatic carbocycles. The van der Waals surface area contributed by atoms with Crippen molar-refractivity contribution < 1.29 is 0 Å². The van der Waals surface area contributed by atoms with E-state index in [1.54, 1.807) is 0 Å². The summed E-state index contributed by atoms with van der Waals surface area (Å²) in [4.78, 5) is 0. The van der Waals surface area contributed by atoms with E-state index in [4.69, 9.17) is 0 Å². The molecule has 0 heterocycles. The van der Waals surface area contributed by atoms with Crippen molar-refractivity contribution in [1.29, 1.82) is 0 Å². The van der Waals surface area contributed by atoms with E-state index in [-0.39, 0.29) is 0 Å². The van der Waals surface area contributed by atoms with Crippen molar-refractivity contribution in [3.8, 4) is 0 Å². The Hall–Kier alpha value is 0.430. The third kappa shape index (κ3) is 3.20. The molecule has 1 heteroatoms. The maximum absolute atomic E-state index is 2.99. The SMILES string of the molecule is CCCC(P)(CC)CC. The van der Waals surface area contributed by atoms with Gasteiger partial charge in [-0.3, -0.25) is 0 Å². The highest BCUT2D eigenvalue weighted by Crippen LogP contribution is 2.31. The van der Waals surface area contributed by atoms with Gasteiger partial charge < -0.3 is 0 Å². The molecule has 0 aromatic heterocycles. The van der Waals surface area contributed by atoms with Crippen molar-refractivity contribution >= 4 is 9.24 Å². The largest absolute Gasteiger partial charge is 0.131 e. The summed E-state index contributed by atoms with van der Waals surface area (Å²) in [7, 11) is 2.99. The second-order valence-corrected chi connectivity index (χ2v) is 4.04. The second-order valence-electron chi connectivity index (χ2n) is 2.82. The molecule has 9 heavy (non-hydrogen) atoms. The first-order valence-electron chi connectivity index (χ1n) is 3.97. The highest BCUT2D eigenvalue weighted by Gasteiger charge is 2.17. The molecule has 1 unspecified atom stereocenters. The lowest BCUT2D eigenvalue weighted by Crippen LogP contribution is -2.16. The zero-order chi connectivity index (χ0) is 7.33. The van der Waals surface area contributed by atoms with Gasteiger partial charge in [0, 0.05) is 0 Å². The Bertz CT molecular complexity index is 65.0. The molecule has 0 bridgehead atoms. The summed E-state index contributed by atoms with van der Waals surface area (Å²) in [5.41, 5.74) is 0. The fourth-order valence-electron chi connectivity index (χ4n) is 1.10. The van der Waals surface area contributed by atoms with Gasteiger partial charge in [-0.1, -0.05) is 27.2 Å². The summed E-state index contributed by atoms with van der Waals surface area (Å²) in [5, 5.41) is 0.550. The smallest absolute Gasteiger partial charge is 0.0155 e. The van der Waals surface area contributed by atoms with Gasteiger partial charge in [0.15, 0.2) is 0 Å². The molecule has 56 valence electrons. The number of hydrogen-bond acceptors (Lipinski definition) is 0. The zero-order valence-corrected chi connectivity index (χ0v) is 8.06. The molecule has 0 aromatic rings. The highest BCUT2D eigenvalue weighted by molar-refractivity contribution is 7.18. The third-order valence-corrected chi connectivity index (χ3v) is 3.26. The molecule has 0 radical (unpaired) electrons. The third-order valence-electron chi connectivity index (χ3n) is 2.16. The first kappa shape index (κ1) is 9.43. The van der Waals surface area contributed by atoms with E-state index in [9.17, 15) is 0 Å². The molecule has 0 saturated heterocycles. The molecule has 0 rings (SSSR count). The Morgan fingerprint density at radius 3 is 1.67 bits per heavy atom. The molecule has 0 nitrogen and oxygen atoms in total. The lowest BCUT2D eigenvalue weighted by Gasteiger charge is -2.25. The second kappa shape index (κ2) is 4.28. The quantitative estimate of drug-likeness (QED) is 0.534. The molecule has 0 N–H and O–H groups in total. The minimum atomic E-state index is 0.550. The van der Waals surface area contributed by atoms with Gasteiger partial charge in [-0.25, -0.2) is 0 Å². The Morgan fingerprint density at radius 2 is 1.56 bits per heavy atom. The summed E-state index contributed by atoms with van der Waals surface area (Å²) in [5.74, 6) is 0. The van der Waals surface area contributed by atoms with Gasteiger partial charge in [0.05, 0.1) is 0 Å². The molecule has 0 saturated carbocycles. The normalized spacial score (nSPS) is 12.0. The maximum atomic E-state index is 2.99. The fourth-order valence-corrected chi connectivity index (χ4v) is 1.39. The summed E-state index contributed by atoms with van der Waals surface area (Å²) in [6.07, 6.45) is 5.25. The van der Waals surface area contributed by atoms with Crippen molar-refractivity contribution in [2.24, 2.45) is 0 Å². The fraction of sp³-hybridized carbons (Fsp3) is 1.00. The molecule has 1 atom stereocenters. The molecule has 0 amide bonds. The molecule has 0 aromatic carbocycles. The Labute approximate surface area is 61.6 Å². The minimum absolute atomic E-state index is 0.550. The summed E-state index contributed by atoms with van der Waals surface area (Å²) in [6.45, 7) is 6.79. The van der Waals surface area contributed by atoms with Crippen LogP contribution in [0.4, 0.5) is 0 Å². The lowest BCUT2D eigenvalue weighted by molar-refractivity contribution is 0.500. The summed E-state index contributed by atoms with van der Waals surface area (Å²) < 4.78 is 0. The van der Waals surface area contributed by atoms with E-state index < -0.39 is 0 Å². The van der Waals surface area contributed by atoms with E-state index in [2.05, 4.69) is 30.0 Å². The average Bonchev–Trinajstić information content (AvgIpc) is 1.89. The molecular formula is C8H19P. The Morgan fingerprint density at radius 1 is 1.11 bits per heavy atom. The minimum Gasteiger partial charge on any atom is -0.131 e. The van der Waals surface area contributed by atoms with Crippen LogP contribution in [-0.4, -0.2) is 5.16 Å². The van der Waals surface area contributed by atoms with Gasteiger partial charge in [0.2, 0.25) is 0 Å². The van der Waals surface area contributed by atoms with E-state index in [1.807, 2.05) is 0 Å². The van der Waals surface area contributed by atoms with Crippen LogP contribution in [0, 0.1) is 0 Å². The highest BCUT2D eigenvalue weighted by atomic mass is 31.0. The van der Waals surface area contributed by atoms with Crippen LogP contribution < -0.4 is 0 Å². The first-order valence-corrected chi connectivity index (χ1v) is 4.55. The molecule has 0 fully saturated rings. The zero-order valence-electron chi connectivity index (χ0n) is 6.91. The van der Waals surface area contributed by atoms with Crippen LogP contribution in [0.5, 0.6) is 0 Å². The molecular weight excluding hydrogens is 127 g/mol. The number of hydrogen-bond donors (Lipinski definition) is 0. The lowest BCUT2D eigenvalue weighted by atomic mass is 9.97. The van der Waals surface area contributed by atoms with E-state index in [0.29, 0.717) is 5.16 Å². The predicted molar refractivity (Wildman–Crippen MR) is 47.9 cm³/mol. The van der Waals surface area contributed by atoms with E-state index in [1.165, 1.54) is 25.7 Å². The molecule has 0 aliphatic rings. The standard InChI is InChI=1S/C8H19P/c1-4-7-8(9,5-2)6-3/h4-7,9H2,1-3H3. The first-order chi connectivity index (χ1) is 4.18. The van der Waals surface area contributed by atoms with Crippen LogP contribution in [0.2, 0.25) is 0 Å². The topological polar surface area (TPSA) is 0 Å². The van der Waals surface area contributed by atoms with Gasteiger partial charge in [-0.2, -0.15) is 0 Å². The van der Waals surface area contributed by atoms with Crippen LogP contribution in [0.3, 0.4) is 0 Å². The van der Waals surface area contributed by atoms with Crippen molar-refractivity contribution in [3.05, 3.63) is 0 Å². The van der Waals surface area contributed by atoms with Gasteiger partial charge in [-0.15, -0.1) is 9.24 Å². The Balaban J connectivity index is 3.62. The molecule has 0 spiro atoms. The van der Waals surface area contributed by atoms with E-state index >= 15 is 0 Å². The van der Waals surface area contributed by atoms with E-state index in [0.717, 1.165) is 0 Å². The molecule has 0 aliphatic heterocycles. The predicted octanol–water partition coefficient (Wildman–Crippen LogP) is 3.22. The Kier molecular flexibility index (Phi) is 4.48. The number of rotatable bonds is 4. The van der Waals surface area contributed by atoms with Crippen molar-refractivity contribution in [1.82, 2.24) is 0 Å². The van der Waals surface area contributed by atoms with Crippen LogP contribution in [0.1, 0.15) is 46.5 Å². The van der Waals surface area contributed by atoms with Crippen LogP contribution in [0.25, 0.3) is 0 Å². The average molecular weight is 146 g/mol.